The summed E-state index contributed by atoms with van der Waals surface area (Å²) < 4.78 is 0. The fraction of sp³-hybridized carbons (Fsp3) is 0.947. The van der Waals surface area contributed by atoms with Crippen LogP contribution in [0, 0.1) is 23.2 Å². The second kappa shape index (κ2) is 6.14. The molecular weight excluding hydrogens is 272 g/mol. The Morgan fingerprint density at radius 1 is 0.955 bits per heavy atom. The van der Waals surface area contributed by atoms with Crippen LogP contribution in [0.15, 0.2) is 0 Å². The van der Waals surface area contributed by atoms with Gasteiger partial charge in [0, 0.05) is 12.0 Å². The van der Waals surface area contributed by atoms with Crippen molar-refractivity contribution in [2.45, 2.75) is 64.2 Å². The van der Waals surface area contributed by atoms with Gasteiger partial charge in [-0.25, -0.2) is 0 Å². The van der Waals surface area contributed by atoms with Gasteiger partial charge in [-0.15, -0.1) is 0 Å². The normalized spacial score (nSPS) is 40.8. The number of piperidine rings is 1. The molecule has 1 amide bonds. The quantitative estimate of drug-likeness (QED) is 0.791. The Hall–Kier alpha value is -0.570. The number of carbonyl (C=O) groups is 1. The zero-order valence-corrected chi connectivity index (χ0v) is 14.0. The van der Waals surface area contributed by atoms with Gasteiger partial charge in [-0.3, -0.25) is 4.79 Å². The summed E-state index contributed by atoms with van der Waals surface area (Å²) >= 11 is 0. The molecule has 4 aliphatic carbocycles. The number of rotatable bonds is 5. The highest BCUT2D eigenvalue weighted by atomic mass is 16.2. The third kappa shape index (κ3) is 2.93. The zero-order chi connectivity index (χ0) is 15.0. The van der Waals surface area contributed by atoms with E-state index in [-0.39, 0.29) is 5.41 Å². The summed E-state index contributed by atoms with van der Waals surface area (Å²) in [7, 11) is 0. The van der Waals surface area contributed by atoms with Crippen LogP contribution in [-0.4, -0.2) is 37.0 Å². The number of nitrogens with one attached hydrogen (secondary N) is 1. The summed E-state index contributed by atoms with van der Waals surface area (Å²) in [6.45, 7) is 4.59. The molecule has 4 saturated carbocycles. The van der Waals surface area contributed by atoms with Crippen molar-refractivity contribution in [3.8, 4) is 0 Å². The molecule has 0 aromatic heterocycles. The summed E-state index contributed by atoms with van der Waals surface area (Å²) in [6, 6.07) is 0. The van der Waals surface area contributed by atoms with Crippen molar-refractivity contribution in [2.24, 2.45) is 23.2 Å². The zero-order valence-electron chi connectivity index (χ0n) is 14.0. The van der Waals surface area contributed by atoms with E-state index in [2.05, 4.69) is 10.2 Å². The van der Waals surface area contributed by atoms with Gasteiger partial charge < -0.3 is 10.2 Å². The van der Waals surface area contributed by atoms with Crippen LogP contribution in [0.3, 0.4) is 0 Å². The Kier molecular flexibility index (Phi) is 4.19. The van der Waals surface area contributed by atoms with Crippen LogP contribution in [0.4, 0.5) is 0 Å². The highest BCUT2D eigenvalue weighted by Crippen LogP contribution is 2.60. The minimum absolute atomic E-state index is 0.0415. The van der Waals surface area contributed by atoms with Crippen LogP contribution >= 0.6 is 0 Å². The van der Waals surface area contributed by atoms with Crippen LogP contribution in [0.2, 0.25) is 0 Å². The summed E-state index contributed by atoms with van der Waals surface area (Å²) in [5.41, 5.74) is 0.0415. The molecule has 22 heavy (non-hydrogen) atoms. The Morgan fingerprint density at radius 3 is 2.14 bits per heavy atom. The Bertz CT molecular complexity index is 378. The molecule has 4 bridgehead atoms. The lowest BCUT2D eigenvalue weighted by Gasteiger charge is -2.55. The van der Waals surface area contributed by atoms with Crippen molar-refractivity contribution < 1.29 is 4.79 Å². The van der Waals surface area contributed by atoms with E-state index >= 15 is 0 Å². The molecule has 1 aliphatic heterocycles. The predicted octanol–water partition coefficient (Wildman–Crippen LogP) is 3.20. The van der Waals surface area contributed by atoms with Crippen LogP contribution in [-0.2, 0) is 4.79 Å². The maximum atomic E-state index is 12.8. The van der Waals surface area contributed by atoms with E-state index in [1.54, 1.807) is 0 Å². The highest BCUT2D eigenvalue weighted by Gasteiger charge is 2.54. The lowest BCUT2D eigenvalue weighted by atomic mass is 9.49. The van der Waals surface area contributed by atoms with Crippen molar-refractivity contribution in [2.75, 3.05) is 26.2 Å². The second-order valence-electron chi connectivity index (χ2n) is 8.71. The van der Waals surface area contributed by atoms with Gasteiger partial charge in [-0.2, -0.15) is 0 Å². The predicted molar refractivity (Wildman–Crippen MR) is 88.5 cm³/mol. The third-order valence-electron chi connectivity index (χ3n) is 6.91. The number of nitrogens with zero attached hydrogens (tertiary/aromatic N) is 1. The third-order valence-corrected chi connectivity index (χ3v) is 6.91. The maximum Gasteiger partial charge on any atom is 0.226 e. The van der Waals surface area contributed by atoms with Crippen LogP contribution in [0.5, 0.6) is 0 Å². The minimum Gasteiger partial charge on any atom is -0.356 e. The second-order valence-corrected chi connectivity index (χ2v) is 8.71. The molecule has 1 N–H and O–H groups in total. The lowest BCUT2D eigenvalue weighted by molar-refractivity contribution is -0.146. The molecule has 0 atom stereocenters. The van der Waals surface area contributed by atoms with Crippen molar-refractivity contribution in [1.29, 1.82) is 0 Å². The van der Waals surface area contributed by atoms with Gasteiger partial charge in [-0.1, -0.05) is 6.42 Å². The van der Waals surface area contributed by atoms with Gasteiger partial charge in [0.25, 0.3) is 0 Å². The Morgan fingerprint density at radius 2 is 1.55 bits per heavy atom. The van der Waals surface area contributed by atoms with Crippen LogP contribution in [0.25, 0.3) is 0 Å². The highest BCUT2D eigenvalue weighted by molar-refractivity contribution is 5.83. The van der Waals surface area contributed by atoms with Gasteiger partial charge in [0.1, 0.15) is 0 Å². The molecule has 0 aromatic rings. The first-order valence-corrected chi connectivity index (χ1v) is 9.74. The molecule has 1 heterocycles. The summed E-state index contributed by atoms with van der Waals surface area (Å²) in [5.74, 6) is 3.01. The number of hydrogen-bond donors (Lipinski definition) is 1. The Labute approximate surface area is 135 Å². The number of likely N-dealkylation sites (tertiary alicyclic amines) is 1. The van der Waals surface area contributed by atoms with Gasteiger partial charge in [-0.05, 0) is 95.2 Å². The molecule has 3 heteroatoms. The first-order valence-electron chi connectivity index (χ1n) is 9.74. The van der Waals surface area contributed by atoms with E-state index in [4.69, 9.17) is 0 Å². The monoisotopic (exact) mass is 304 g/mol. The fourth-order valence-corrected chi connectivity index (χ4v) is 6.26. The standard InChI is InChI=1S/C19H32N2O/c22-18(20-5-4-8-21-6-2-1-3-7-21)19-12-15-9-16(13-19)11-17(10-15)14-19/h15-17H,1-14H2,(H,20,22). The van der Waals surface area contributed by atoms with E-state index in [9.17, 15) is 4.79 Å². The van der Waals surface area contributed by atoms with Gasteiger partial charge in [0.15, 0.2) is 0 Å². The molecule has 5 fully saturated rings. The van der Waals surface area contributed by atoms with Gasteiger partial charge in [0.2, 0.25) is 5.91 Å². The molecule has 1 saturated heterocycles. The number of carbonyl (C=O) groups excluding carboxylic acids is 1. The van der Waals surface area contributed by atoms with Gasteiger partial charge >= 0.3 is 0 Å². The minimum atomic E-state index is 0.0415. The lowest BCUT2D eigenvalue weighted by Crippen LogP contribution is -2.53. The van der Waals surface area contributed by atoms with Crippen molar-refractivity contribution in [3.05, 3.63) is 0 Å². The molecule has 124 valence electrons. The molecule has 5 rings (SSSR count). The molecule has 0 aromatic carbocycles. The molecule has 5 aliphatic rings. The van der Waals surface area contributed by atoms with E-state index in [0.29, 0.717) is 5.91 Å². The van der Waals surface area contributed by atoms with Crippen LogP contribution in [0.1, 0.15) is 64.2 Å². The maximum absolute atomic E-state index is 12.8. The SMILES string of the molecule is O=C(NCCCN1CCCCC1)C12CC3CC(CC(C3)C1)C2. The smallest absolute Gasteiger partial charge is 0.226 e. The van der Waals surface area contributed by atoms with Crippen molar-refractivity contribution in [1.82, 2.24) is 10.2 Å². The first kappa shape index (κ1) is 15.0. The molecule has 0 spiro atoms. The fourth-order valence-electron chi connectivity index (χ4n) is 6.26. The summed E-state index contributed by atoms with van der Waals surface area (Å²) in [5, 5.41) is 3.31. The van der Waals surface area contributed by atoms with Crippen LogP contribution < -0.4 is 5.32 Å². The average molecular weight is 304 g/mol. The van der Waals surface area contributed by atoms with E-state index in [1.165, 1.54) is 77.4 Å². The van der Waals surface area contributed by atoms with Crippen molar-refractivity contribution >= 4 is 5.91 Å². The topological polar surface area (TPSA) is 32.3 Å². The molecule has 0 radical (unpaired) electrons. The molecular formula is C19H32N2O. The van der Waals surface area contributed by atoms with E-state index in [1.807, 2.05) is 0 Å². The van der Waals surface area contributed by atoms with Gasteiger partial charge in [0.05, 0.1) is 0 Å². The molecule has 0 unspecified atom stereocenters. The molecule has 3 nitrogen and oxygen atoms in total. The van der Waals surface area contributed by atoms with E-state index in [0.717, 1.165) is 30.7 Å². The summed E-state index contributed by atoms with van der Waals surface area (Å²) in [6.07, 6.45) is 13.1. The average Bonchev–Trinajstić information content (AvgIpc) is 2.51. The van der Waals surface area contributed by atoms with E-state index < -0.39 is 0 Å². The number of amides is 1. The van der Waals surface area contributed by atoms with Crippen molar-refractivity contribution in [3.63, 3.8) is 0 Å². The summed E-state index contributed by atoms with van der Waals surface area (Å²) in [4.78, 5) is 15.4. The first-order chi connectivity index (χ1) is 10.7. The Balaban J connectivity index is 1.24. The number of hydrogen-bond acceptors (Lipinski definition) is 2. The largest absolute Gasteiger partial charge is 0.356 e.